The van der Waals surface area contributed by atoms with Crippen molar-refractivity contribution >= 4 is 0 Å². The van der Waals surface area contributed by atoms with Gasteiger partial charge in [0.2, 0.25) is 0 Å². The van der Waals surface area contributed by atoms with Crippen LogP contribution < -0.4 is 0 Å². The predicted molar refractivity (Wildman–Crippen MR) is 39.3 cm³/mol. The fraction of sp³-hybridized carbons (Fsp3) is 1.00. The third kappa shape index (κ3) is 1.28. The van der Waals surface area contributed by atoms with Crippen LogP contribution in [-0.4, -0.2) is 37.1 Å². The second kappa shape index (κ2) is 2.73. The highest BCUT2D eigenvalue weighted by Gasteiger charge is 2.51. The first-order chi connectivity index (χ1) is 5.37. The monoisotopic (exact) mass is 158 g/mol. The number of hydrogen-bond donors (Lipinski definition) is 1. The average Bonchev–Trinajstić information content (AvgIpc) is 2.69. The highest BCUT2D eigenvalue weighted by molar-refractivity contribution is 5.00. The second-order valence-corrected chi connectivity index (χ2v) is 3.40. The number of ether oxygens (including phenoxy) is 2. The minimum atomic E-state index is 0.00271. The van der Waals surface area contributed by atoms with Crippen molar-refractivity contribution in [1.82, 2.24) is 0 Å². The van der Waals surface area contributed by atoms with Crippen LogP contribution in [0.2, 0.25) is 0 Å². The molecule has 1 saturated carbocycles. The SMILES string of the molecule is OCCOC1(C2CC2)COC1. The summed E-state index contributed by atoms with van der Waals surface area (Å²) in [5.74, 6) is 0.711. The highest BCUT2D eigenvalue weighted by Crippen LogP contribution is 2.45. The van der Waals surface area contributed by atoms with Gasteiger partial charge in [-0.05, 0) is 18.8 Å². The van der Waals surface area contributed by atoms with Crippen LogP contribution in [0.15, 0.2) is 0 Å². The zero-order valence-corrected chi connectivity index (χ0v) is 6.58. The molecule has 1 aliphatic heterocycles. The van der Waals surface area contributed by atoms with Crippen molar-refractivity contribution in [2.24, 2.45) is 5.92 Å². The Morgan fingerprint density at radius 2 is 2.18 bits per heavy atom. The summed E-state index contributed by atoms with van der Waals surface area (Å²) in [7, 11) is 0. The molecule has 1 saturated heterocycles. The molecule has 64 valence electrons. The van der Waals surface area contributed by atoms with Gasteiger partial charge >= 0.3 is 0 Å². The average molecular weight is 158 g/mol. The van der Waals surface area contributed by atoms with E-state index in [1.807, 2.05) is 0 Å². The van der Waals surface area contributed by atoms with E-state index in [0.717, 1.165) is 13.2 Å². The molecular formula is C8H14O3. The van der Waals surface area contributed by atoms with Gasteiger partial charge in [-0.1, -0.05) is 0 Å². The van der Waals surface area contributed by atoms with E-state index in [1.165, 1.54) is 12.8 Å². The summed E-state index contributed by atoms with van der Waals surface area (Å²) in [6.07, 6.45) is 2.55. The molecule has 1 heterocycles. The number of aliphatic hydroxyl groups excluding tert-OH is 1. The van der Waals surface area contributed by atoms with Crippen molar-refractivity contribution in [2.45, 2.75) is 18.4 Å². The fourth-order valence-corrected chi connectivity index (χ4v) is 1.60. The summed E-state index contributed by atoms with van der Waals surface area (Å²) < 4.78 is 10.7. The lowest BCUT2D eigenvalue weighted by Gasteiger charge is -2.41. The first-order valence-electron chi connectivity index (χ1n) is 4.20. The van der Waals surface area contributed by atoms with E-state index < -0.39 is 0 Å². The molecule has 2 rings (SSSR count). The highest BCUT2D eigenvalue weighted by atomic mass is 16.6. The molecule has 1 N–H and O–H groups in total. The maximum absolute atomic E-state index is 8.59. The lowest BCUT2D eigenvalue weighted by Crippen LogP contribution is -2.54. The summed E-state index contributed by atoms with van der Waals surface area (Å²) in [5.41, 5.74) is 0.00271. The van der Waals surface area contributed by atoms with Crippen LogP contribution in [0.3, 0.4) is 0 Å². The van der Waals surface area contributed by atoms with Crippen LogP contribution in [-0.2, 0) is 9.47 Å². The first kappa shape index (κ1) is 7.53. The van der Waals surface area contributed by atoms with Gasteiger partial charge in [-0.15, -0.1) is 0 Å². The van der Waals surface area contributed by atoms with Gasteiger partial charge < -0.3 is 14.6 Å². The number of hydrogen-bond acceptors (Lipinski definition) is 3. The molecule has 3 nitrogen and oxygen atoms in total. The Bertz CT molecular complexity index is 138. The van der Waals surface area contributed by atoms with Gasteiger partial charge in [0.25, 0.3) is 0 Å². The maximum atomic E-state index is 8.59. The molecule has 3 heteroatoms. The standard InChI is InChI=1S/C8H14O3/c9-3-4-11-8(5-10-6-8)7-1-2-7/h7,9H,1-6H2. The van der Waals surface area contributed by atoms with Crippen LogP contribution >= 0.6 is 0 Å². The molecule has 11 heavy (non-hydrogen) atoms. The minimum absolute atomic E-state index is 0.00271. The molecule has 0 aromatic rings. The van der Waals surface area contributed by atoms with E-state index in [4.69, 9.17) is 14.6 Å². The predicted octanol–water partition coefficient (Wildman–Crippen LogP) is 0.174. The summed E-state index contributed by atoms with van der Waals surface area (Å²) in [6, 6.07) is 0. The summed E-state index contributed by atoms with van der Waals surface area (Å²) in [6.45, 7) is 2.05. The summed E-state index contributed by atoms with van der Waals surface area (Å²) in [5, 5.41) is 8.59. The van der Waals surface area contributed by atoms with Gasteiger partial charge in [0.05, 0.1) is 26.4 Å². The number of aliphatic hydroxyl groups is 1. The maximum Gasteiger partial charge on any atom is 0.117 e. The summed E-state index contributed by atoms with van der Waals surface area (Å²) >= 11 is 0. The lowest BCUT2D eigenvalue weighted by atomic mass is 9.96. The van der Waals surface area contributed by atoms with E-state index >= 15 is 0 Å². The Morgan fingerprint density at radius 1 is 1.45 bits per heavy atom. The fourth-order valence-electron chi connectivity index (χ4n) is 1.60. The van der Waals surface area contributed by atoms with Crippen molar-refractivity contribution < 1.29 is 14.6 Å². The molecule has 0 aromatic carbocycles. The van der Waals surface area contributed by atoms with E-state index in [2.05, 4.69) is 0 Å². The van der Waals surface area contributed by atoms with E-state index in [9.17, 15) is 0 Å². The Hall–Kier alpha value is -0.120. The molecule has 0 radical (unpaired) electrons. The van der Waals surface area contributed by atoms with E-state index in [0.29, 0.717) is 12.5 Å². The van der Waals surface area contributed by atoms with Crippen molar-refractivity contribution in [3.63, 3.8) is 0 Å². The van der Waals surface area contributed by atoms with Crippen LogP contribution in [0, 0.1) is 5.92 Å². The molecular weight excluding hydrogens is 144 g/mol. The summed E-state index contributed by atoms with van der Waals surface area (Å²) in [4.78, 5) is 0. The molecule has 2 aliphatic rings. The van der Waals surface area contributed by atoms with Gasteiger partial charge in [-0.2, -0.15) is 0 Å². The molecule has 0 bridgehead atoms. The topological polar surface area (TPSA) is 38.7 Å². The van der Waals surface area contributed by atoms with Gasteiger partial charge in [0.15, 0.2) is 0 Å². The quantitative estimate of drug-likeness (QED) is 0.634. The Morgan fingerprint density at radius 3 is 2.55 bits per heavy atom. The van der Waals surface area contributed by atoms with Crippen LogP contribution in [0.4, 0.5) is 0 Å². The molecule has 2 fully saturated rings. The zero-order chi connectivity index (χ0) is 7.73. The Kier molecular flexibility index (Phi) is 1.87. The third-order valence-electron chi connectivity index (χ3n) is 2.49. The van der Waals surface area contributed by atoms with Gasteiger partial charge in [-0.3, -0.25) is 0 Å². The van der Waals surface area contributed by atoms with E-state index in [1.54, 1.807) is 0 Å². The zero-order valence-electron chi connectivity index (χ0n) is 6.58. The van der Waals surface area contributed by atoms with Crippen molar-refractivity contribution in [1.29, 1.82) is 0 Å². The van der Waals surface area contributed by atoms with Crippen LogP contribution in [0.1, 0.15) is 12.8 Å². The minimum Gasteiger partial charge on any atom is -0.394 e. The molecule has 0 amide bonds. The van der Waals surface area contributed by atoms with Gasteiger partial charge in [0.1, 0.15) is 5.60 Å². The van der Waals surface area contributed by atoms with Gasteiger partial charge in [0, 0.05) is 0 Å². The van der Waals surface area contributed by atoms with Crippen molar-refractivity contribution in [2.75, 3.05) is 26.4 Å². The smallest absolute Gasteiger partial charge is 0.117 e. The van der Waals surface area contributed by atoms with Crippen LogP contribution in [0.25, 0.3) is 0 Å². The van der Waals surface area contributed by atoms with Crippen LogP contribution in [0.5, 0.6) is 0 Å². The first-order valence-corrected chi connectivity index (χ1v) is 4.20. The van der Waals surface area contributed by atoms with Gasteiger partial charge in [-0.25, -0.2) is 0 Å². The van der Waals surface area contributed by atoms with Crippen molar-refractivity contribution in [3.8, 4) is 0 Å². The normalized spacial score (nSPS) is 28.1. The molecule has 0 atom stereocenters. The Labute approximate surface area is 66.3 Å². The Balaban J connectivity index is 1.83. The lowest BCUT2D eigenvalue weighted by molar-refractivity contribution is -0.223. The molecule has 0 aromatic heterocycles. The largest absolute Gasteiger partial charge is 0.394 e. The molecule has 0 unspecified atom stereocenters. The number of rotatable bonds is 4. The molecule has 1 aliphatic carbocycles. The van der Waals surface area contributed by atoms with Crippen molar-refractivity contribution in [3.05, 3.63) is 0 Å². The molecule has 0 spiro atoms. The second-order valence-electron chi connectivity index (χ2n) is 3.40. The third-order valence-corrected chi connectivity index (χ3v) is 2.49. The van der Waals surface area contributed by atoms with E-state index in [-0.39, 0.29) is 12.2 Å².